The molecule has 0 aliphatic rings. The zero-order chi connectivity index (χ0) is 16.1. The molecule has 6 heteroatoms. The number of nitrogens with one attached hydrogen (secondary N) is 1. The van der Waals surface area contributed by atoms with E-state index < -0.39 is 0 Å². The molecular weight excluding hydrogens is 332 g/mol. The van der Waals surface area contributed by atoms with Gasteiger partial charge in [-0.25, -0.2) is 4.98 Å². The summed E-state index contributed by atoms with van der Waals surface area (Å²) >= 11 is 7.36. The van der Waals surface area contributed by atoms with E-state index in [1.54, 1.807) is 12.5 Å². The Morgan fingerprint density at radius 3 is 2.83 bits per heavy atom. The number of hydrogen-bond donors (Lipinski definition) is 1. The maximum Gasteiger partial charge on any atom is 0.226 e. The van der Waals surface area contributed by atoms with Crippen LogP contribution in [0.5, 0.6) is 0 Å². The second-order valence-electron chi connectivity index (χ2n) is 5.06. The SMILES string of the molecule is O=C(CCc1ccco1)Nc1ncc(Cc2ccc(Cl)cc2)s1. The van der Waals surface area contributed by atoms with E-state index in [2.05, 4.69) is 10.3 Å². The Labute approximate surface area is 143 Å². The third-order valence-electron chi connectivity index (χ3n) is 3.27. The molecule has 0 fully saturated rings. The van der Waals surface area contributed by atoms with Gasteiger partial charge in [0.05, 0.1) is 6.26 Å². The number of furan rings is 1. The molecule has 2 heterocycles. The number of anilines is 1. The van der Waals surface area contributed by atoms with E-state index >= 15 is 0 Å². The molecule has 0 aliphatic carbocycles. The standard InChI is InChI=1S/C17H15ClN2O2S/c18-13-5-3-12(4-6-13)10-15-11-19-17(23-15)20-16(21)8-7-14-2-1-9-22-14/h1-6,9,11H,7-8,10H2,(H,19,20,21). The fraction of sp³-hybridized carbons (Fsp3) is 0.176. The smallest absolute Gasteiger partial charge is 0.226 e. The van der Waals surface area contributed by atoms with E-state index in [1.165, 1.54) is 11.3 Å². The van der Waals surface area contributed by atoms with Crippen molar-refractivity contribution >= 4 is 34.0 Å². The van der Waals surface area contributed by atoms with Crippen LogP contribution in [0.15, 0.2) is 53.3 Å². The van der Waals surface area contributed by atoms with Gasteiger partial charge in [-0.05, 0) is 29.8 Å². The highest BCUT2D eigenvalue weighted by molar-refractivity contribution is 7.15. The second kappa shape index (κ2) is 7.44. The summed E-state index contributed by atoms with van der Waals surface area (Å²) in [6.07, 6.45) is 5.14. The Balaban J connectivity index is 1.52. The van der Waals surface area contributed by atoms with Crippen molar-refractivity contribution < 1.29 is 9.21 Å². The highest BCUT2D eigenvalue weighted by Gasteiger charge is 2.08. The van der Waals surface area contributed by atoms with Crippen LogP contribution in [-0.2, 0) is 17.6 Å². The summed E-state index contributed by atoms with van der Waals surface area (Å²) in [6.45, 7) is 0. The third kappa shape index (κ3) is 4.68. The van der Waals surface area contributed by atoms with Crippen molar-refractivity contribution in [1.82, 2.24) is 4.98 Å². The van der Waals surface area contributed by atoms with Gasteiger partial charge in [0.25, 0.3) is 0 Å². The second-order valence-corrected chi connectivity index (χ2v) is 6.61. The molecular formula is C17H15ClN2O2S. The number of benzene rings is 1. The summed E-state index contributed by atoms with van der Waals surface area (Å²) < 4.78 is 5.21. The van der Waals surface area contributed by atoms with Gasteiger partial charge < -0.3 is 9.73 Å². The first-order chi connectivity index (χ1) is 11.2. The number of thiazole rings is 1. The fourth-order valence-electron chi connectivity index (χ4n) is 2.12. The first-order valence-corrected chi connectivity index (χ1v) is 8.40. The molecule has 3 rings (SSSR count). The number of carbonyl (C=O) groups is 1. The van der Waals surface area contributed by atoms with Crippen molar-refractivity contribution in [3.63, 3.8) is 0 Å². The van der Waals surface area contributed by atoms with E-state index in [1.807, 2.05) is 36.4 Å². The van der Waals surface area contributed by atoms with Crippen molar-refractivity contribution in [3.8, 4) is 0 Å². The Hall–Kier alpha value is -2.11. The van der Waals surface area contributed by atoms with Gasteiger partial charge in [-0.15, -0.1) is 11.3 Å². The lowest BCUT2D eigenvalue weighted by Crippen LogP contribution is -2.11. The maximum absolute atomic E-state index is 11.9. The quantitative estimate of drug-likeness (QED) is 0.712. The minimum Gasteiger partial charge on any atom is -0.469 e. The Kier molecular flexibility index (Phi) is 5.10. The van der Waals surface area contributed by atoms with E-state index in [-0.39, 0.29) is 5.91 Å². The van der Waals surface area contributed by atoms with Gasteiger partial charge in [-0.1, -0.05) is 23.7 Å². The summed E-state index contributed by atoms with van der Waals surface area (Å²) in [7, 11) is 0. The van der Waals surface area contributed by atoms with E-state index in [4.69, 9.17) is 16.0 Å². The molecule has 4 nitrogen and oxygen atoms in total. The van der Waals surface area contributed by atoms with E-state index in [0.29, 0.717) is 18.0 Å². The lowest BCUT2D eigenvalue weighted by atomic mass is 10.1. The predicted molar refractivity (Wildman–Crippen MR) is 92.0 cm³/mol. The summed E-state index contributed by atoms with van der Waals surface area (Å²) in [5.41, 5.74) is 1.16. The largest absolute Gasteiger partial charge is 0.469 e. The number of rotatable bonds is 6. The molecule has 0 aliphatic heterocycles. The fourth-order valence-corrected chi connectivity index (χ4v) is 3.11. The van der Waals surface area contributed by atoms with Crippen LogP contribution in [0.3, 0.4) is 0 Å². The molecule has 3 aromatic rings. The topological polar surface area (TPSA) is 55.1 Å². The van der Waals surface area contributed by atoms with Crippen LogP contribution in [-0.4, -0.2) is 10.9 Å². The molecule has 0 saturated heterocycles. The zero-order valence-corrected chi connectivity index (χ0v) is 13.9. The van der Waals surface area contributed by atoms with Gasteiger partial charge in [0.15, 0.2) is 5.13 Å². The van der Waals surface area contributed by atoms with Crippen molar-refractivity contribution in [1.29, 1.82) is 0 Å². The molecule has 1 aromatic carbocycles. The average Bonchev–Trinajstić information content (AvgIpc) is 3.20. The highest BCUT2D eigenvalue weighted by Crippen LogP contribution is 2.22. The number of amides is 1. The lowest BCUT2D eigenvalue weighted by molar-refractivity contribution is -0.116. The third-order valence-corrected chi connectivity index (χ3v) is 4.43. The number of nitrogens with zero attached hydrogens (tertiary/aromatic N) is 1. The monoisotopic (exact) mass is 346 g/mol. The van der Waals surface area contributed by atoms with Gasteiger partial charge in [-0.3, -0.25) is 4.79 Å². The molecule has 0 unspecified atom stereocenters. The Morgan fingerprint density at radius 1 is 1.26 bits per heavy atom. The van der Waals surface area contributed by atoms with E-state index in [9.17, 15) is 4.79 Å². The van der Waals surface area contributed by atoms with Crippen molar-refractivity contribution in [2.75, 3.05) is 5.32 Å². The maximum atomic E-state index is 11.9. The highest BCUT2D eigenvalue weighted by atomic mass is 35.5. The van der Waals surface area contributed by atoms with Crippen LogP contribution in [0, 0.1) is 0 Å². The molecule has 1 N–H and O–H groups in total. The molecule has 1 amide bonds. The van der Waals surface area contributed by atoms with Gasteiger partial charge in [0.1, 0.15) is 5.76 Å². The Morgan fingerprint density at radius 2 is 2.09 bits per heavy atom. The number of aromatic nitrogens is 1. The first kappa shape index (κ1) is 15.8. The van der Waals surface area contributed by atoms with Crippen LogP contribution < -0.4 is 5.32 Å². The summed E-state index contributed by atoms with van der Waals surface area (Å²) in [4.78, 5) is 17.3. The van der Waals surface area contributed by atoms with E-state index in [0.717, 1.165) is 27.6 Å². The molecule has 0 bridgehead atoms. The number of carbonyl (C=O) groups excluding carboxylic acids is 1. The molecule has 0 radical (unpaired) electrons. The minimum absolute atomic E-state index is 0.0613. The Bertz CT molecular complexity index is 766. The zero-order valence-electron chi connectivity index (χ0n) is 12.3. The van der Waals surface area contributed by atoms with Gasteiger partial charge in [0, 0.05) is 35.4 Å². The van der Waals surface area contributed by atoms with Crippen LogP contribution >= 0.6 is 22.9 Å². The number of halogens is 1. The minimum atomic E-state index is -0.0613. The molecule has 0 spiro atoms. The predicted octanol–water partition coefficient (Wildman–Crippen LogP) is 4.55. The first-order valence-electron chi connectivity index (χ1n) is 7.20. The van der Waals surface area contributed by atoms with Gasteiger partial charge in [-0.2, -0.15) is 0 Å². The van der Waals surface area contributed by atoms with Crippen LogP contribution in [0.1, 0.15) is 22.6 Å². The van der Waals surface area contributed by atoms with Gasteiger partial charge in [0.2, 0.25) is 5.91 Å². The number of hydrogen-bond acceptors (Lipinski definition) is 4. The van der Waals surface area contributed by atoms with Crippen LogP contribution in [0.4, 0.5) is 5.13 Å². The summed E-state index contributed by atoms with van der Waals surface area (Å²) in [6, 6.07) is 11.4. The normalized spacial score (nSPS) is 10.7. The van der Waals surface area contributed by atoms with Crippen LogP contribution in [0.2, 0.25) is 5.02 Å². The van der Waals surface area contributed by atoms with Crippen LogP contribution in [0.25, 0.3) is 0 Å². The lowest BCUT2D eigenvalue weighted by Gasteiger charge is -2.00. The molecule has 23 heavy (non-hydrogen) atoms. The van der Waals surface area contributed by atoms with Crippen molar-refractivity contribution in [2.24, 2.45) is 0 Å². The van der Waals surface area contributed by atoms with Crippen molar-refractivity contribution in [2.45, 2.75) is 19.3 Å². The molecule has 0 atom stereocenters. The average molecular weight is 347 g/mol. The molecule has 2 aromatic heterocycles. The summed E-state index contributed by atoms with van der Waals surface area (Å²) in [5.74, 6) is 0.747. The number of aryl methyl sites for hydroxylation is 1. The summed E-state index contributed by atoms with van der Waals surface area (Å²) in [5, 5.41) is 4.17. The van der Waals surface area contributed by atoms with Gasteiger partial charge >= 0.3 is 0 Å². The molecule has 0 saturated carbocycles. The van der Waals surface area contributed by atoms with Crippen molar-refractivity contribution in [3.05, 3.63) is 70.1 Å². The molecule has 118 valence electrons.